The van der Waals surface area contributed by atoms with Crippen LogP contribution in [0, 0.1) is 0 Å². The van der Waals surface area contributed by atoms with E-state index in [1.165, 1.54) is 17.4 Å². The van der Waals surface area contributed by atoms with E-state index < -0.39 is 54.5 Å². The van der Waals surface area contributed by atoms with Crippen LogP contribution in [0.4, 0.5) is 0 Å². The first-order valence-corrected chi connectivity index (χ1v) is 10.00. The van der Waals surface area contributed by atoms with Crippen molar-refractivity contribution in [2.75, 3.05) is 18.9 Å². The van der Waals surface area contributed by atoms with Crippen LogP contribution < -0.4 is 16.4 Å². The zero-order chi connectivity index (χ0) is 22.3. The quantitative estimate of drug-likeness (QED) is 0.190. The van der Waals surface area contributed by atoms with Crippen molar-refractivity contribution in [2.45, 2.75) is 43.4 Å². The molecule has 0 spiro atoms. The summed E-state index contributed by atoms with van der Waals surface area (Å²) in [4.78, 5) is 57.1. The molecule has 1 fully saturated rings. The average molecular weight is 442 g/mol. The molecule has 3 amide bonds. The topological polar surface area (TPSA) is 191 Å². The molecule has 1 saturated heterocycles. The highest BCUT2D eigenvalue weighted by molar-refractivity contribution is 7.80. The number of rotatable bonds is 10. The molecule has 0 aromatic carbocycles. The molecule has 4 unspecified atom stereocenters. The number of imidazole rings is 1. The van der Waals surface area contributed by atoms with Gasteiger partial charge in [0, 0.05) is 30.6 Å². The van der Waals surface area contributed by atoms with Crippen molar-refractivity contribution in [2.24, 2.45) is 5.73 Å². The second-order valence-electron chi connectivity index (χ2n) is 6.90. The van der Waals surface area contributed by atoms with Gasteiger partial charge >= 0.3 is 5.97 Å². The summed E-state index contributed by atoms with van der Waals surface area (Å²) in [5.41, 5.74) is 6.11. The van der Waals surface area contributed by atoms with E-state index in [1.54, 1.807) is 0 Å². The van der Waals surface area contributed by atoms with Gasteiger partial charge in [0.2, 0.25) is 17.7 Å². The van der Waals surface area contributed by atoms with Crippen molar-refractivity contribution in [3.8, 4) is 0 Å². The van der Waals surface area contributed by atoms with E-state index in [-0.39, 0.29) is 18.7 Å². The predicted molar refractivity (Wildman–Crippen MR) is 107 cm³/mol. The molecule has 13 heteroatoms. The Morgan fingerprint density at radius 1 is 1.33 bits per heavy atom. The fourth-order valence-electron chi connectivity index (χ4n) is 3.13. The van der Waals surface area contributed by atoms with Crippen LogP contribution in [0.25, 0.3) is 0 Å². The van der Waals surface area contributed by atoms with E-state index in [1.807, 2.05) is 0 Å². The van der Waals surface area contributed by atoms with Gasteiger partial charge in [0.25, 0.3) is 0 Å². The monoisotopic (exact) mass is 442 g/mol. The molecule has 12 nitrogen and oxygen atoms in total. The van der Waals surface area contributed by atoms with Gasteiger partial charge in [-0.05, 0) is 12.8 Å². The number of hydrogen-bond donors (Lipinski definition) is 7. The second kappa shape index (κ2) is 10.9. The molecule has 0 radical (unpaired) electrons. The Morgan fingerprint density at radius 3 is 2.63 bits per heavy atom. The fraction of sp³-hybridized carbons (Fsp3) is 0.588. The third-order valence-electron chi connectivity index (χ3n) is 4.76. The van der Waals surface area contributed by atoms with Crippen LogP contribution in [0.15, 0.2) is 12.5 Å². The van der Waals surface area contributed by atoms with Crippen LogP contribution in [0.3, 0.4) is 0 Å². The Kier molecular flexibility index (Phi) is 8.62. The SMILES string of the molecule is NC(CO)C(=O)NC(Cc1cnc[nH]1)C(=O)N1CCCC1C(=O)NC(CS)C(=O)O. The van der Waals surface area contributed by atoms with Crippen molar-refractivity contribution >= 4 is 36.3 Å². The number of aromatic nitrogens is 2. The lowest BCUT2D eigenvalue weighted by atomic mass is 10.1. The largest absolute Gasteiger partial charge is 0.480 e. The first-order valence-electron chi connectivity index (χ1n) is 9.37. The highest BCUT2D eigenvalue weighted by Gasteiger charge is 2.39. The van der Waals surface area contributed by atoms with E-state index in [9.17, 15) is 19.2 Å². The van der Waals surface area contributed by atoms with Gasteiger partial charge in [-0.1, -0.05) is 0 Å². The lowest BCUT2D eigenvalue weighted by molar-refractivity contribution is -0.144. The number of amides is 3. The number of carboxylic acids is 1. The minimum Gasteiger partial charge on any atom is -0.480 e. The van der Waals surface area contributed by atoms with Crippen LogP contribution in [-0.4, -0.2) is 91.8 Å². The molecule has 1 aromatic rings. The maximum Gasteiger partial charge on any atom is 0.327 e. The van der Waals surface area contributed by atoms with Gasteiger partial charge in [-0.25, -0.2) is 9.78 Å². The summed E-state index contributed by atoms with van der Waals surface area (Å²) >= 11 is 3.92. The van der Waals surface area contributed by atoms with Gasteiger partial charge in [-0.2, -0.15) is 12.6 Å². The highest BCUT2D eigenvalue weighted by atomic mass is 32.1. The fourth-order valence-corrected chi connectivity index (χ4v) is 3.38. The molecule has 166 valence electrons. The van der Waals surface area contributed by atoms with Crippen LogP contribution >= 0.6 is 12.6 Å². The third-order valence-corrected chi connectivity index (χ3v) is 5.13. The molecule has 2 heterocycles. The van der Waals surface area contributed by atoms with E-state index in [0.29, 0.717) is 18.5 Å². The summed E-state index contributed by atoms with van der Waals surface area (Å²) in [7, 11) is 0. The van der Waals surface area contributed by atoms with E-state index in [4.69, 9.17) is 15.9 Å². The number of nitrogens with two attached hydrogens (primary N) is 1. The molecule has 1 aliphatic heterocycles. The van der Waals surface area contributed by atoms with E-state index in [2.05, 4.69) is 33.2 Å². The predicted octanol–water partition coefficient (Wildman–Crippen LogP) is -2.75. The summed E-state index contributed by atoms with van der Waals surface area (Å²) < 4.78 is 0. The number of aliphatic hydroxyl groups is 1. The molecule has 2 rings (SSSR count). The van der Waals surface area contributed by atoms with Gasteiger partial charge in [0.15, 0.2) is 0 Å². The average Bonchev–Trinajstić information content (AvgIpc) is 3.41. The molecule has 1 aliphatic rings. The van der Waals surface area contributed by atoms with Crippen molar-refractivity contribution < 1.29 is 29.4 Å². The first-order chi connectivity index (χ1) is 14.3. The van der Waals surface area contributed by atoms with Crippen molar-refractivity contribution in [1.29, 1.82) is 0 Å². The molecular weight excluding hydrogens is 416 g/mol. The molecule has 30 heavy (non-hydrogen) atoms. The normalized spacial score (nSPS) is 19.0. The van der Waals surface area contributed by atoms with Crippen LogP contribution in [0.2, 0.25) is 0 Å². The van der Waals surface area contributed by atoms with Crippen molar-refractivity contribution in [3.63, 3.8) is 0 Å². The van der Waals surface area contributed by atoms with E-state index in [0.717, 1.165) is 0 Å². The maximum absolute atomic E-state index is 13.2. The Hall–Kier alpha value is -2.64. The number of carbonyl (C=O) groups excluding carboxylic acids is 3. The molecule has 4 atom stereocenters. The summed E-state index contributed by atoms with van der Waals surface area (Å²) in [5, 5.41) is 23.1. The standard InChI is InChI=1S/C17H26N6O6S/c18-10(6-24)14(25)21-11(4-9-5-19-8-20-9)16(27)23-3-1-2-13(23)15(26)22-12(7-30)17(28)29/h5,8,10-13,24,30H,1-4,6-7,18H2,(H,19,20)(H,21,25)(H,22,26)(H,28,29). The number of H-pyrrole nitrogens is 1. The maximum atomic E-state index is 13.2. The van der Waals surface area contributed by atoms with Crippen LogP contribution in [0.1, 0.15) is 18.5 Å². The summed E-state index contributed by atoms with van der Waals surface area (Å²) in [6.45, 7) is -0.317. The van der Waals surface area contributed by atoms with Crippen LogP contribution in [0.5, 0.6) is 0 Å². The number of aliphatic carboxylic acids is 1. The minimum atomic E-state index is -1.23. The number of carbonyl (C=O) groups is 4. The molecule has 0 bridgehead atoms. The molecule has 7 N–H and O–H groups in total. The van der Waals surface area contributed by atoms with Gasteiger partial charge in [-0.15, -0.1) is 0 Å². The zero-order valence-corrected chi connectivity index (χ0v) is 17.0. The zero-order valence-electron chi connectivity index (χ0n) is 16.2. The summed E-state index contributed by atoms with van der Waals surface area (Å²) in [6, 6.07) is -4.30. The number of thiol groups is 1. The molecule has 1 aromatic heterocycles. The van der Waals surface area contributed by atoms with Gasteiger partial charge in [-0.3, -0.25) is 14.4 Å². The third kappa shape index (κ3) is 5.93. The number of nitrogens with zero attached hydrogens (tertiary/aromatic N) is 2. The Balaban J connectivity index is 2.16. The smallest absolute Gasteiger partial charge is 0.327 e. The molecular formula is C17H26N6O6S. The van der Waals surface area contributed by atoms with Gasteiger partial charge in [0.05, 0.1) is 12.9 Å². The lowest BCUT2D eigenvalue weighted by Crippen LogP contribution is -2.57. The summed E-state index contributed by atoms with van der Waals surface area (Å²) in [5.74, 6) is -3.15. The number of aromatic amines is 1. The van der Waals surface area contributed by atoms with E-state index >= 15 is 0 Å². The highest BCUT2D eigenvalue weighted by Crippen LogP contribution is 2.20. The number of carboxylic acid groups (broad SMARTS) is 1. The Bertz CT molecular complexity index is 760. The minimum absolute atomic E-state index is 0.0714. The Morgan fingerprint density at radius 2 is 2.07 bits per heavy atom. The first kappa shape index (κ1) is 23.6. The van der Waals surface area contributed by atoms with Gasteiger partial charge in [0.1, 0.15) is 24.2 Å². The number of likely N-dealkylation sites (tertiary alicyclic amines) is 1. The molecule has 0 aliphatic carbocycles. The van der Waals surface area contributed by atoms with Gasteiger partial charge < -0.3 is 36.5 Å². The second-order valence-corrected chi connectivity index (χ2v) is 7.27. The number of nitrogens with one attached hydrogen (secondary N) is 3. The van der Waals surface area contributed by atoms with Crippen molar-refractivity contribution in [1.82, 2.24) is 25.5 Å². The lowest BCUT2D eigenvalue weighted by Gasteiger charge is -2.29. The molecule has 0 saturated carbocycles. The van der Waals surface area contributed by atoms with Crippen molar-refractivity contribution in [3.05, 3.63) is 18.2 Å². The van der Waals surface area contributed by atoms with Crippen LogP contribution in [-0.2, 0) is 25.6 Å². The number of aliphatic hydroxyl groups excluding tert-OH is 1. The number of hydrogen-bond acceptors (Lipinski definition) is 8. The summed E-state index contributed by atoms with van der Waals surface area (Å²) in [6.07, 6.45) is 3.90. The Labute approximate surface area is 178 Å².